The van der Waals surface area contributed by atoms with Crippen LogP contribution in [0.15, 0.2) is 194 Å². The minimum Gasteiger partial charge on any atom is -0.310 e. The molecule has 0 saturated heterocycles. The van der Waals surface area contributed by atoms with Crippen molar-refractivity contribution in [3.05, 3.63) is 205 Å². The van der Waals surface area contributed by atoms with Crippen molar-refractivity contribution in [1.29, 1.82) is 0 Å². The average Bonchev–Trinajstić information content (AvgIpc) is 3.89. The molecule has 2 aromatic heterocycles. The normalized spacial score (nSPS) is 13.1. The predicted octanol–water partition coefficient (Wildman–Crippen LogP) is 15.7. The third-order valence-corrected chi connectivity index (χ3v) is 13.7. The maximum atomic E-state index is 2.51. The molecular formula is C55H38N2S. The lowest BCUT2D eigenvalue weighted by Gasteiger charge is -2.27. The highest BCUT2D eigenvalue weighted by Gasteiger charge is 2.35. The summed E-state index contributed by atoms with van der Waals surface area (Å²) in [6.45, 7) is 4.71. The second-order valence-corrected chi connectivity index (χ2v) is 17.2. The van der Waals surface area contributed by atoms with Crippen LogP contribution in [0.5, 0.6) is 0 Å². The molecule has 3 heteroatoms. The summed E-state index contributed by atoms with van der Waals surface area (Å²) in [7, 11) is 0. The first-order valence-corrected chi connectivity index (χ1v) is 20.9. The molecule has 0 atom stereocenters. The molecule has 0 spiro atoms. The molecule has 9 aromatic carbocycles. The number of thiophene rings is 1. The smallest absolute Gasteiger partial charge is 0.0634 e. The average molecular weight is 759 g/mol. The zero-order valence-electron chi connectivity index (χ0n) is 32.3. The Morgan fingerprint density at radius 3 is 2.07 bits per heavy atom. The number of hydrogen-bond acceptors (Lipinski definition) is 2. The zero-order valence-corrected chi connectivity index (χ0v) is 33.1. The number of para-hydroxylation sites is 1. The lowest BCUT2D eigenvalue weighted by molar-refractivity contribution is 0.660. The molecule has 58 heavy (non-hydrogen) atoms. The summed E-state index contributed by atoms with van der Waals surface area (Å²) in [6, 6.07) is 71.8. The van der Waals surface area contributed by atoms with E-state index in [4.69, 9.17) is 0 Å². The van der Waals surface area contributed by atoms with Crippen LogP contribution in [-0.4, -0.2) is 4.57 Å². The van der Waals surface area contributed by atoms with Gasteiger partial charge in [-0.25, -0.2) is 0 Å². The molecule has 274 valence electrons. The fourth-order valence-electron chi connectivity index (χ4n) is 9.81. The maximum absolute atomic E-state index is 2.51. The summed E-state index contributed by atoms with van der Waals surface area (Å²) in [4.78, 5) is 2.41. The fourth-order valence-corrected chi connectivity index (χ4v) is 10.9. The van der Waals surface area contributed by atoms with Gasteiger partial charge in [-0.3, -0.25) is 0 Å². The first-order chi connectivity index (χ1) is 28.5. The molecule has 0 radical (unpaired) electrons. The lowest BCUT2D eigenvalue weighted by atomic mass is 9.81. The van der Waals surface area contributed by atoms with Crippen molar-refractivity contribution in [2.45, 2.75) is 19.3 Å². The van der Waals surface area contributed by atoms with Crippen LogP contribution in [0.2, 0.25) is 0 Å². The van der Waals surface area contributed by atoms with Crippen LogP contribution in [-0.2, 0) is 5.41 Å². The standard InChI is InChI=1S/C55H38N2S/c1-55(2)47-20-10-8-18-42(47)43-29-25-37(33-48(43)55)35-23-26-39(27-24-35)57-50-31-28-40(34-46(50)44-30-32-52-53(54(44)57)45-19-9-11-22-51(45)58-52)56(38-15-4-3-5-16-38)49-21-12-14-36-13-6-7-17-41(36)49/h3-34H,1-2H3. The molecule has 1 aliphatic carbocycles. The Hall–Kier alpha value is -6.94. The van der Waals surface area contributed by atoms with Crippen LogP contribution in [0.4, 0.5) is 17.1 Å². The van der Waals surface area contributed by atoms with Gasteiger partial charge in [0.1, 0.15) is 0 Å². The van der Waals surface area contributed by atoms with Gasteiger partial charge in [-0.2, -0.15) is 0 Å². The van der Waals surface area contributed by atoms with Gasteiger partial charge in [-0.1, -0.05) is 141 Å². The van der Waals surface area contributed by atoms with Gasteiger partial charge in [0.25, 0.3) is 0 Å². The Kier molecular flexibility index (Phi) is 7.18. The highest BCUT2D eigenvalue weighted by atomic mass is 32.1. The number of aromatic nitrogens is 1. The van der Waals surface area contributed by atoms with Crippen LogP contribution in [0, 0.1) is 0 Å². The van der Waals surface area contributed by atoms with Gasteiger partial charge in [0.05, 0.1) is 16.7 Å². The molecule has 0 bridgehead atoms. The topological polar surface area (TPSA) is 8.17 Å². The second-order valence-electron chi connectivity index (χ2n) is 16.1. The van der Waals surface area contributed by atoms with E-state index in [0.717, 1.165) is 22.7 Å². The van der Waals surface area contributed by atoms with E-state index in [1.54, 1.807) is 0 Å². The molecule has 11 aromatic rings. The Morgan fingerprint density at radius 1 is 0.466 bits per heavy atom. The third-order valence-electron chi connectivity index (χ3n) is 12.6. The van der Waals surface area contributed by atoms with Crippen molar-refractivity contribution in [1.82, 2.24) is 4.57 Å². The molecular weight excluding hydrogens is 721 g/mol. The summed E-state index contributed by atoms with van der Waals surface area (Å²) in [6.07, 6.45) is 0. The molecule has 1 aliphatic rings. The number of hydrogen-bond donors (Lipinski definition) is 0. The van der Waals surface area contributed by atoms with E-state index in [2.05, 4.69) is 217 Å². The first kappa shape index (κ1) is 33.2. The molecule has 0 fully saturated rings. The molecule has 0 N–H and O–H groups in total. The summed E-state index contributed by atoms with van der Waals surface area (Å²) < 4.78 is 5.12. The molecule has 0 saturated carbocycles. The zero-order chi connectivity index (χ0) is 38.5. The summed E-state index contributed by atoms with van der Waals surface area (Å²) >= 11 is 1.88. The maximum Gasteiger partial charge on any atom is 0.0634 e. The molecule has 0 aliphatic heterocycles. The second kappa shape index (κ2) is 12.5. The van der Waals surface area contributed by atoms with E-state index in [1.165, 1.54) is 86.1 Å². The fraction of sp³-hybridized carbons (Fsp3) is 0.0545. The highest BCUT2D eigenvalue weighted by molar-refractivity contribution is 7.26. The molecule has 12 rings (SSSR count). The van der Waals surface area contributed by atoms with Gasteiger partial charge in [-0.05, 0) is 105 Å². The van der Waals surface area contributed by atoms with Crippen molar-refractivity contribution in [3.8, 4) is 27.9 Å². The minimum atomic E-state index is -0.0396. The summed E-state index contributed by atoms with van der Waals surface area (Å²) in [5.41, 5.74) is 15.0. The van der Waals surface area contributed by atoms with E-state index in [1.807, 2.05) is 11.3 Å². The van der Waals surface area contributed by atoms with Crippen LogP contribution >= 0.6 is 11.3 Å². The van der Waals surface area contributed by atoms with Crippen LogP contribution in [0.3, 0.4) is 0 Å². The van der Waals surface area contributed by atoms with E-state index in [-0.39, 0.29) is 5.41 Å². The van der Waals surface area contributed by atoms with Gasteiger partial charge in [-0.15, -0.1) is 11.3 Å². The van der Waals surface area contributed by atoms with Gasteiger partial charge in [0.2, 0.25) is 0 Å². The van der Waals surface area contributed by atoms with Gasteiger partial charge in [0, 0.05) is 58.8 Å². The number of benzene rings is 9. The van der Waals surface area contributed by atoms with Crippen molar-refractivity contribution >= 4 is 81.1 Å². The monoisotopic (exact) mass is 758 g/mol. The molecule has 0 amide bonds. The predicted molar refractivity (Wildman–Crippen MR) is 249 cm³/mol. The minimum absolute atomic E-state index is 0.0396. The molecule has 2 nitrogen and oxygen atoms in total. The Morgan fingerprint density at radius 2 is 1.19 bits per heavy atom. The third kappa shape index (κ3) is 4.84. The van der Waals surface area contributed by atoms with Crippen LogP contribution in [0.25, 0.3) is 80.7 Å². The van der Waals surface area contributed by atoms with Crippen molar-refractivity contribution in [3.63, 3.8) is 0 Å². The highest BCUT2D eigenvalue weighted by Crippen LogP contribution is 2.50. The van der Waals surface area contributed by atoms with Crippen molar-refractivity contribution < 1.29 is 0 Å². The van der Waals surface area contributed by atoms with Gasteiger partial charge < -0.3 is 9.47 Å². The first-order valence-electron chi connectivity index (χ1n) is 20.1. The lowest BCUT2D eigenvalue weighted by Crippen LogP contribution is -2.14. The van der Waals surface area contributed by atoms with E-state index < -0.39 is 0 Å². The van der Waals surface area contributed by atoms with Gasteiger partial charge >= 0.3 is 0 Å². The molecule has 2 heterocycles. The van der Waals surface area contributed by atoms with Crippen molar-refractivity contribution in [2.24, 2.45) is 0 Å². The van der Waals surface area contributed by atoms with E-state index in [9.17, 15) is 0 Å². The Labute approximate surface area is 341 Å². The Balaban J connectivity index is 1.06. The number of nitrogens with zero attached hydrogens (tertiary/aromatic N) is 2. The Bertz CT molecular complexity index is 3420. The number of anilines is 3. The van der Waals surface area contributed by atoms with E-state index >= 15 is 0 Å². The number of fused-ring (bicyclic) bond motifs is 11. The quantitative estimate of drug-likeness (QED) is 0.170. The van der Waals surface area contributed by atoms with Gasteiger partial charge in [0.15, 0.2) is 0 Å². The number of rotatable bonds is 5. The molecule has 0 unspecified atom stereocenters. The summed E-state index contributed by atoms with van der Waals surface area (Å²) in [5.74, 6) is 0. The van der Waals surface area contributed by atoms with Crippen LogP contribution in [0.1, 0.15) is 25.0 Å². The van der Waals surface area contributed by atoms with E-state index in [0.29, 0.717) is 0 Å². The van der Waals surface area contributed by atoms with Crippen molar-refractivity contribution in [2.75, 3.05) is 4.90 Å². The summed E-state index contributed by atoms with van der Waals surface area (Å²) in [5, 5.41) is 7.55. The SMILES string of the molecule is CC1(C)c2ccccc2-c2ccc(-c3ccc(-n4c5ccc(N(c6ccccc6)c6cccc7ccccc67)cc5c5ccc6sc7ccccc7c6c54)cc3)cc21. The largest absolute Gasteiger partial charge is 0.310 e. The van der Waals surface area contributed by atoms with Crippen LogP contribution < -0.4 is 4.90 Å².